The fourth-order valence-corrected chi connectivity index (χ4v) is 5.94. The van der Waals surface area contributed by atoms with E-state index in [0.717, 1.165) is 61.6 Å². The first-order valence-corrected chi connectivity index (χ1v) is 14.1. The number of amides is 3. The van der Waals surface area contributed by atoms with Crippen molar-refractivity contribution in [2.45, 2.75) is 70.9 Å². The van der Waals surface area contributed by atoms with Crippen molar-refractivity contribution in [1.29, 1.82) is 10.2 Å². The molecule has 3 aliphatic rings. The van der Waals surface area contributed by atoms with E-state index >= 15 is 0 Å². The van der Waals surface area contributed by atoms with Crippen molar-refractivity contribution in [2.75, 3.05) is 25.5 Å². The maximum absolute atomic E-state index is 13.2. The van der Waals surface area contributed by atoms with E-state index in [-0.39, 0.29) is 30.0 Å². The molecule has 5 N–H and O–H groups in total. The minimum atomic E-state index is -3.92. The number of rotatable bonds is 5. The number of carbonyl (C=O) groups excluding carboxylic acids is 2. The topological polar surface area (TPSA) is 157 Å². The van der Waals surface area contributed by atoms with Crippen molar-refractivity contribution < 1.29 is 23.3 Å². The van der Waals surface area contributed by atoms with Crippen LogP contribution in [0.5, 0.6) is 0 Å². The van der Waals surface area contributed by atoms with Crippen LogP contribution in [0.4, 0.5) is 15.3 Å². The molecule has 2 atom stereocenters. The molecule has 1 unspecified atom stereocenters. The van der Waals surface area contributed by atoms with Crippen LogP contribution in [-0.4, -0.2) is 59.3 Å². The van der Waals surface area contributed by atoms with E-state index in [0.29, 0.717) is 0 Å². The van der Waals surface area contributed by atoms with E-state index in [4.69, 9.17) is 19.7 Å². The summed E-state index contributed by atoms with van der Waals surface area (Å²) in [5.41, 5.74) is 4.87. The van der Waals surface area contributed by atoms with Crippen LogP contribution in [0.2, 0.25) is 0 Å². The first kappa shape index (κ1) is 26.8. The Morgan fingerprint density at radius 2 is 1.81 bits per heavy atom. The van der Waals surface area contributed by atoms with Crippen molar-refractivity contribution in [3.05, 3.63) is 39.1 Å². The largest absolute Gasteiger partial charge is 0.476 e. The Kier molecular flexibility index (Phi) is 7.40. The van der Waals surface area contributed by atoms with Crippen LogP contribution in [-0.2, 0) is 45.1 Å². The van der Waals surface area contributed by atoms with E-state index in [1.165, 1.54) is 16.0 Å². The Morgan fingerprint density at radius 1 is 1.19 bits per heavy atom. The highest BCUT2D eigenvalue weighted by atomic mass is 32.2. The molecule has 1 saturated heterocycles. The fourth-order valence-electron chi connectivity index (χ4n) is 4.96. The molecule has 1 fully saturated rings. The summed E-state index contributed by atoms with van der Waals surface area (Å²) < 4.78 is 34.9. The number of benzene rings is 1. The number of nitrogens with one attached hydrogen (secondary N) is 5. The molecule has 0 aromatic heterocycles. The SMILES string of the molecule is CN(C(=O)OC(C)(C)C)[C@H]1CN/C(=C(\C=N)S(=N)(=O)NC(=O)Nc2c3c(cc4c2CCC4)CCC3)OC1. The van der Waals surface area contributed by atoms with Gasteiger partial charge in [-0.15, -0.1) is 0 Å². The van der Waals surface area contributed by atoms with Crippen molar-refractivity contribution in [3.8, 4) is 0 Å². The highest BCUT2D eigenvalue weighted by Gasteiger charge is 2.31. The van der Waals surface area contributed by atoms with Gasteiger partial charge in [-0.2, -0.15) is 0 Å². The first-order chi connectivity index (χ1) is 17.4. The minimum absolute atomic E-state index is 0.0365. The van der Waals surface area contributed by atoms with Gasteiger partial charge in [0.05, 0.1) is 6.04 Å². The molecule has 3 amide bonds. The molecule has 11 nitrogen and oxygen atoms in total. The normalized spacial score (nSPS) is 21.4. The van der Waals surface area contributed by atoms with Gasteiger partial charge in [-0.05, 0) is 81.5 Å². The lowest BCUT2D eigenvalue weighted by Crippen LogP contribution is -2.51. The molecule has 202 valence electrons. The Morgan fingerprint density at radius 3 is 2.32 bits per heavy atom. The highest BCUT2D eigenvalue weighted by Crippen LogP contribution is 2.38. The van der Waals surface area contributed by atoms with Crippen LogP contribution in [0.1, 0.15) is 55.9 Å². The van der Waals surface area contributed by atoms with E-state index in [9.17, 15) is 13.8 Å². The lowest BCUT2D eigenvalue weighted by molar-refractivity contribution is 0.00644. The number of anilines is 1. The number of ether oxygens (including phenoxy) is 2. The van der Waals surface area contributed by atoms with Gasteiger partial charge in [0.15, 0.2) is 9.92 Å². The minimum Gasteiger partial charge on any atom is -0.476 e. The summed E-state index contributed by atoms with van der Waals surface area (Å²) in [4.78, 5) is 26.4. The van der Waals surface area contributed by atoms with Crippen LogP contribution in [0, 0.1) is 10.2 Å². The molecule has 0 saturated carbocycles. The van der Waals surface area contributed by atoms with Gasteiger partial charge in [0, 0.05) is 25.5 Å². The summed E-state index contributed by atoms with van der Waals surface area (Å²) in [5.74, 6) is -0.0365. The number of likely N-dealkylation sites (N-methyl/N-ethyl adjacent to an activating group) is 1. The van der Waals surface area contributed by atoms with Gasteiger partial charge in [0.2, 0.25) is 5.88 Å². The third-order valence-corrected chi connectivity index (χ3v) is 8.16. The van der Waals surface area contributed by atoms with Gasteiger partial charge in [-0.1, -0.05) is 6.07 Å². The van der Waals surface area contributed by atoms with E-state index in [2.05, 4.69) is 21.4 Å². The molecule has 0 spiro atoms. The molecular formula is C25H36N6O5S. The summed E-state index contributed by atoms with van der Waals surface area (Å²) in [5, 5.41) is 13.5. The summed E-state index contributed by atoms with van der Waals surface area (Å²) in [6.45, 7) is 5.60. The number of allylic oxidation sites excluding steroid dienone is 1. The monoisotopic (exact) mass is 532 g/mol. The van der Waals surface area contributed by atoms with Gasteiger partial charge >= 0.3 is 12.1 Å². The van der Waals surface area contributed by atoms with Crippen LogP contribution in [0.3, 0.4) is 0 Å². The Balaban J connectivity index is 1.44. The molecule has 37 heavy (non-hydrogen) atoms. The number of urea groups is 1. The molecule has 0 bridgehead atoms. The van der Waals surface area contributed by atoms with Crippen molar-refractivity contribution >= 4 is 33.9 Å². The summed E-state index contributed by atoms with van der Waals surface area (Å²) >= 11 is 0. The van der Waals surface area contributed by atoms with Crippen molar-refractivity contribution in [1.82, 2.24) is 14.9 Å². The third kappa shape index (κ3) is 5.84. The fraction of sp³-hybridized carbons (Fsp3) is 0.560. The van der Waals surface area contributed by atoms with Gasteiger partial charge in [0.25, 0.3) is 0 Å². The standard InChI is InChI=1S/C25H36N6O5S/c1-25(2,3)36-24(33)31(4)17-13-28-22(35-14-17)20(12-26)37(27,34)30-23(32)29-21-18-9-5-7-15(18)11-16-8-6-10-19(16)21/h11-12,17,26,28H,5-10,13-14H2,1-4H3,(H3,27,29,30,32,34)/b22-20-,26-12?/t17-,37?/m0/s1. The average molecular weight is 533 g/mol. The van der Waals surface area contributed by atoms with Crippen LogP contribution >= 0.6 is 0 Å². The maximum Gasteiger partial charge on any atom is 0.410 e. The zero-order valence-corrected chi connectivity index (χ0v) is 22.6. The van der Waals surface area contributed by atoms with Crippen LogP contribution in [0.15, 0.2) is 16.9 Å². The first-order valence-electron chi connectivity index (χ1n) is 12.5. The van der Waals surface area contributed by atoms with E-state index in [1.54, 1.807) is 27.8 Å². The number of aryl methyl sites for hydroxylation is 2. The third-order valence-electron chi connectivity index (χ3n) is 6.76. The highest BCUT2D eigenvalue weighted by molar-refractivity contribution is 7.95. The second kappa shape index (κ2) is 10.2. The Labute approximate surface area is 218 Å². The van der Waals surface area contributed by atoms with Gasteiger partial charge in [0.1, 0.15) is 17.1 Å². The molecule has 1 aromatic carbocycles. The van der Waals surface area contributed by atoms with Crippen molar-refractivity contribution in [3.63, 3.8) is 0 Å². The number of carbonyl (C=O) groups is 2. The van der Waals surface area contributed by atoms with Crippen LogP contribution < -0.4 is 15.4 Å². The number of hydrogen-bond donors (Lipinski definition) is 5. The molecule has 1 aromatic rings. The predicted molar refractivity (Wildman–Crippen MR) is 141 cm³/mol. The second-order valence-electron chi connectivity index (χ2n) is 10.6. The molecule has 1 aliphatic heterocycles. The van der Waals surface area contributed by atoms with Gasteiger partial charge in [-0.3, -0.25) is 0 Å². The van der Waals surface area contributed by atoms with Crippen LogP contribution in [0.25, 0.3) is 0 Å². The molecule has 4 rings (SSSR count). The smallest absolute Gasteiger partial charge is 0.410 e. The average Bonchev–Trinajstić information content (AvgIpc) is 3.47. The Bertz CT molecular complexity index is 1210. The summed E-state index contributed by atoms with van der Waals surface area (Å²) in [6, 6.07) is 1.11. The molecule has 12 heteroatoms. The van der Waals surface area contributed by atoms with E-state index < -0.39 is 27.6 Å². The quantitative estimate of drug-likeness (QED) is 0.366. The number of fused-ring (bicyclic) bond motifs is 2. The van der Waals surface area contributed by atoms with Gasteiger partial charge in [-0.25, -0.2) is 23.3 Å². The Hall–Kier alpha value is -3.28. The number of hydrogen-bond acceptors (Lipinski definition) is 8. The lowest BCUT2D eigenvalue weighted by Gasteiger charge is -2.34. The molecule has 0 radical (unpaired) electrons. The zero-order valence-electron chi connectivity index (χ0n) is 21.8. The second-order valence-corrected chi connectivity index (χ2v) is 12.4. The molecule has 2 aliphatic carbocycles. The number of nitrogens with zero attached hydrogens (tertiary/aromatic N) is 1. The summed E-state index contributed by atoms with van der Waals surface area (Å²) in [7, 11) is -2.33. The lowest BCUT2D eigenvalue weighted by atomic mass is 9.99. The molecular weight excluding hydrogens is 496 g/mol. The van der Waals surface area contributed by atoms with Crippen molar-refractivity contribution in [2.24, 2.45) is 0 Å². The summed E-state index contributed by atoms with van der Waals surface area (Å²) in [6.07, 6.45) is 6.00. The van der Waals surface area contributed by atoms with Gasteiger partial charge < -0.3 is 30.4 Å². The maximum atomic E-state index is 13.2. The molecule has 1 heterocycles. The predicted octanol–water partition coefficient (Wildman–Crippen LogP) is 3.42. The zero-order chi connectivity index (χ0) is 27.0. The van der Waals surface area contributed by atoms with E-state index in [1.807, 2.05) is 0 Å².